The molecule has 1 aromatic heterocycles. The number of thiol groups is 1. The predicted octanol–water partition coefficient (Wildman–Crippen LogP) is 2.80. The molecule has 13 heavy (non-hydrogen) atoms. The zero-order valence-electron chi connectivity index (χ0n) is 7.06. The van der Waals surface area contributed by atoms with Gasteiger partial charge in [-0.05, 0) is 24.0 Å². The van der Waals surface area contributed by atoms with Crippen LogP contribution >= 0.6 is 24.2 Å². The van der Waals surface area contributed by atoms with Crippen molar-refractivity contribution < 1.29 is 0 Å². The quantitative estimate of drug-likeness (QED) is 0.729. The second-order valence-corrected chi connectivity index (χ2v) is 4.19. The van der Waals surface area contributed by atoms with Gasteiger partial charge >= 0.3 is 0 Å². The molecule has 66 valence electrons. The fraction of sp³-hybridized carbons (Fsp3) is 0.111. The van der Waals surface area contributed by atoms with E-state index in [4.69, 9.17) is 0 Å². The molecule has 0 N–H and O–H groups in total. The SMILES string of the molecule is Cc1ccccc1-c1nsc(S)n1. The molecule has 0 saturated heterocycles. The summed E-state index contributed by atoms with van der Waals surface area (Å²) in [6.45, 7) is 2.05. The van der Waals surface area contributed by atoms with Gasteiger partial charge in [-0.3, -0.25) is 0 Å². The molecule has 0 amide bonds. The zero-order valence-corrected chi connectivity index (χ0v) is 8.77. The molecule has 1 heterocycles. The minimum absolute atomic E-state index is 0.707. The summed E-state index contributed by atoms with van der Waals surface area (Å²) in [6.07, 6.45) is 0. The maximum absolute atomic E-state index is 4.21. The molecule has 0 unspecified atom stereocenters. The lowest BCUT2D eigenvalue weighted by Crippen LogP contribution is -1.83. The van der Waals surface area contributed by atoms with E-state index in [1.54, 1.807) is 0 Å². The van der Waals surface area contributed by atoms with Crippen LogP contribution in [0.5, 0.6) is 0 Å². The van der Waals surface area contributed by atoms with E-state index < -0.39 is 0 Å². The summed E-state index contributed by atoms with van der Waals surface area (Å²) >= 11 is 5.45. The highest BCUT2D eigenvalue weighted by molar-refractivity contribution is 7.82. The summed E-state index contributed by atoms with van der Waals surface area (Å²) in [5, 5.41) is 0. The molecule has 0 radical (unpaired) electrons. The molecule has 2 aromatic rings. The second-order valence-electron chi connectivity index (χ2n) is 2.72. The Balaban J connectivity index is 2.52. The van der Waals surface area contributed by atoms with Crippen LogP contribution in [0.1, 0.15) is 5.56 Å². The Kier molecular flexibility index (Phi) is 2.33. The molecule has 2 nitrogen and oxygen atoms in total. The summed E-state index contributed by atoms with van der Waals surface area (Å²) in [4.78, 5) is 4.21. The average Bonchev–Trinajstić information content (AvgIpc) is 2.53. The Morgan fingerprint density at radius 2 is 2.08 bits per heavy atom. The fourth-order valence-electron chi connectivity index (χ4n) is 1.15. The third-order valence-corrected chi connectivity index (χ3v) is 2.67. The van der Waals surface area contributed by atoms with E-state index in [0.717, 1.165) is 11.4 Å². The highest BCUT2D eigenvalue weighted by Gasteiger charge is 2.05. The van der Waals surface area contributed by atoms with Gasteiger partial charge in [0.2, 0.25) is 0 Å². The van der Waals surface area contributed by atoms with Gasteiger partial charge in [0.1, 0.15) is 0 Å². The Morgan fingerprint density at radius 1 is 1.31 bits per heavy atom. The molecule has 1 aromatic carbocycles. The Hall–Kier alpha value is -0.870. The predicted molar refractivity (Wildman–Crippen MR) is 57.3 cm³/mol. The van der Waals surface area contributed by atoms with Crippen molar-refractivity contribution >= 4 is 24.2 Å². The molecule has 0 spiro atoms. The summed E-state index contributed by atoms with van der Waals surface area (Å²) in [5.41, 5.74) is 2.27. The first-order chi connectivity index (χ1) is 6.27. The first-order valence-electron chi connectivity index (χ1n) is 3.86. The summed E-state index contributed by atoms with van der Waals surface area (Å²) in [6, 6.07) is 8.06. The topological polar surface area (TPSA) is 25.8 Å². The number of aryl methyl sites for hydroxylation is 1. The van der Waals surface area contributed by atoms with Crippen molar-refractivity contribution in [2.75, 3.05) is 0 Å². The third kappa shape index (κ3) is 1.73. The molecular weight excluding hydrogens is 200 g/mol. The standard InChI is InChI=1S/C9H8N2S2/c1-6-4-2-3-5-7(6)8-10-9(12)13-11-8/h2-5H,1H3,(H,10,11,12). The van der Waals surface area contributed by atoms with E-state index in [0.29, 0.717) is 4.34 Å². The van der Waals surface area contributed by atoms with E-state index in [-0.39, 0.29) is 0 Å². The van der Waals surface area contributed by atoms with Gasteiger partial charge in [-0.1, -0.05) is 24.3 Å². The number of benzene rings is 1. The Morgan fingerprint density at radius 3 is 2.69 bits per heavy atom. The lowest BCUT2D eigenvalue weighted by atomic mass is 10.1. The molecular formula is C9H8N2S2. The zero-order chi connectivity index (χ0) is 9.26. The van der Waals surface area contributed by atoms with E-state index in [1.807, 2.05) is 18.2 Å². The molecule has 0 saturated carbocycles. The van der Waals surface area contributed by atoms with Crippen molar-refractivity contribution in [1.82, 2.24) is 9.36 Å². The van der Waals surface area contributed by atoms with Crippen LogP contribution < -0.4 is 0 Å². The molecule has 0 atom stereocenters. The molecule has 0 bridgehead atoms. The summed E-state index contributed by atoms with van der Waals surface area (Å²) in [5.74, 6) is 0.771. The normalized spacial score (nSPS) is 10.3. The maximum atomic E-state index is 4.21. The smallest absolute Gasteiger partial charge is 0.174 e. The highest BCUT2D eigenvalue weighted by atomic mass is 32.2. The molecule has 0 aliphatic heterocycles. The molecule has 0 fully saturated rings. The van der Waals surface area contributed by atoms with Crippen LogP contribution in [0.3, 0.4) is 0 Å². The van der Waals surface area contributed by atoms with Crippen LogP contribution in [-0.2, 0) is 0 Å². The second kappa shape index (κ2) is 3.47. The monoisotopic (exact) mass is 208 g/mol. The van der Waals surface area contributed by atoms with Crippen molar-refractivity contribution in [3.05, 3.63) is 29.8 Å². The number of hydrogen-bond acceptors (Lipinski definition) is 4. The van der Waals surface area contributed by atoms with Gasteiger partial charge in [0.15, 0.2) is 10.2 Å². The Bertz CT molecular complexity index is 423. The van der Waals surface area contributed by atoms with E-state index in [2.05, 4.69) is 35.0 Å². The van der Waals surface area contributed by atoms with Gasteiger partial charge in [-0.15, -0.1) is 12.6 Å². The van der Waals surface area contributed by atoms with Crippen molar-refractivity contribution in [3.63, 3.8) is 0 Å². The van der Waals surface area contributed by atoms with Crippen molar-refractivity contribution in [2.24, 2.45) is 0 Å². The van der Waals surface area contributed by atoms with Gasteiger partial charge in [0, 0.05) is 5.56 Å². The van der Waals surface area contributed by atoms with Gasteiger partial charge in [0.25, 0.3) is 0 Å². The molecule has 0 aliphatic rings. The van der Waals surface area contributed by atoms with Crippen molar-refractivity contribution in [3.8, 4) is 11.4 Å². The van der Waals surface area contributed by atoms with Crippen LogP contribution in [0.25, 0.3) is 11.4 Å². The number of rotatable bonds is 1. The van der Waals surface area contributed by atoms with Crippen LogP contribution in [-0.4, -0.2) is 9.36 Å². The minimum atomic E-state index is 0.707. The molecule has 4 heteroatoms. The Labute approximate surface area is 86.2 Å². The molecule has 0 aliphatic carbocycles. The fourth-order valence-corrected chi connectivity index (χ4v) is 1.80. The third-order valence-electron chi connectivity index (χ3n) is 1.80. The summed E-state index contributed by atoms with van der Waals surface area (Å²) in [7, 11) is 0. The van der Waals surface area contributed by atoms with Gasteiger partial charge in [-0.25, -0.2) is 4.98 Å². The number of hydrogen-bond donors (Lipinski definition) is 1. The van der Waals surface area contributed by atoms with Crippen LogP contribution in [0.15, 0.2) is 28.6 Å². The van der Waals surface area contributed by atoms with Crippen molar-refractivity contribution in [2.45, 2.75) is 11.3 Å². The van der Waals surface area contributed by atoms with E-state index in [9.17, 15) is 0 Å². The molecule has 2 rings (SSSR count). The van der Waals surface area contributed by atoms with Crippen molar-refractivity contribution in [1.29, 1.82) is 0 Å². The highest BCUT2D eigenvalue weighted by Crippen LogP contribution is 2.22. The van der Waals surface area contributed by atoms with E-state index >= 15 is 0 Å². The van der Waals surface area contributed by atoms with Gasteiger partial charge in [0.05, 0.1) is 0 Å². The minimum Gasteiger partial charge on any atom is -0.208 e. The van der Waals surface area contributed by atoms with Gasteiger partial charge in [-0.2, -0.15) is 4.37 Å². The van der Waals surface area contributed by atoms with Crippen LogP contribution in [0.2, 0.25) is 0 Å². The first kappa shape index (κ1) is 8.72. The van der Waals surface area contributed by atoms with Crippen LogP contribution in [0.4, 0.5) is 0 Å². The maximum Gasteiger partial charge on any atom is 0.174 e. The van der Waals surface area contributed by atoms with E-state index in [1.165, 1.54) is 17.1 Å². The number of aromatic nitrogens is 2. The van der Waals surface area contributed by atoms with Crippen LogP contribution in [0, 0.1) is 6.92 Å². The lowest BCUT2D eigenvalue weighted by molar-refractivity contribution is 1.22. The first-order valence-corrected chi connectivity index (χ1v) is 5.08. The average molecular weight is 208 g/mol. The lowest BCUT2D eigenvalue weighted by Gasteiger charge is -1.98. The number of nitrogens with zero attached hydrogens (tertiary/aromatic N) is 2. The summed E-state index contributed by atoms with van der Waals surface area (Å²) < 4.78 is 4.91. The largest absolute Gasteiger partial charge is 0.208 e. The van der Waals surface area contributed by atoms with Gasteiger partial charge < -0.3 is 0 Å².